The fraction of sp³-hybridized carbons (Fsp3) is 0.474. The molecule has 0 heterocycles. The molecular weight excluding hydrogens is 320 g/mol. The van der Waals surface area contributed by atoms with Crippen molar-refractivity contribution < 1.29 is 19.1 Å². The van der Waals surface area contributed by atoms with Crippen LogP contribution in [0.15, 0.2) is 18.2 Å². The topological polar surface area (TPSA) is 67.9 Å². The minimum Gasteiger partial charge on any atom is -0.493 e. The van der Waals surface area contributed by atoms with Crippen LogP contribution in [0.3, 0.4) is 0 Å². The van der Waals surface area contributed by atoms with Gasteiger partial charge >= 0.3 is 0 Å². The number of hydrogen-bond acceptors (Lipinski definition) is 4. The van der Waals surface area contributed by atoms with E-state index in [1.165, 1.54) is 12.0 Å². The molecule has 0 bridgehead atoms. The van der Waals surface area contributed by atoms with Crippen molar-refractivity contribution in [1.29, 1.82) is 0 Å². The van der Waals surface area contributed by atoms with Gasteiger partial charge in [-0.25, -0.2) is 0 Å². The number of carbonyl (C=O) groups is 2. The molecule has 1 N–H and O–H groups in total. The van der Waals surface area contributed by atoms with Crippen LogP contribution in [-0.4, -0.2) is 50.1 Å². The van der Waals surface area contributed by atoms with Crippen molar-refractivity contribution in [3.05, 3.63) is 29.3 Å². The van der Waals surface area contributed by atoms with E-state index < -0.39 is 0 Å². The van der Waals surface area contributed by atoms with Gasteiger partial charge < -0.3 is 19.7 Å². The minimum atomic E-state index is -0.344. The van der Waals surface area contributed by atoms with E-state index >= 15 is 0 Å². The van der Waals surface area contributed by atoms with E-state index in [4.69, 9.17) is 9.47 Å². The molecule has 2 amide bonds. The first-order valence-electron chi connectivity index (χ1n) is 8.08. The highest BCUT2D eigenvalue weighted by atomic mass is 16.5. The van der Waals surface area contributed by atoms with Crippen molar-refractivity contribution in [2.75, 3.05) is 27.8 Å². The van der Waals surface area contributed by atoms with Gasteiger partial charge in [-0.1, -0.05) is 12.2 Å². The maximum Gasteiger partial charge on any atom is 0.254 e. The third-order valence-electron chi connectivity index (χ3n) is 3.34. The maximum absolute atomic E-state index is 12.7. The Morgan fingerprint density at radius 1 is 1.20 bits per heavy atom. The van der Waals surface area contributed by atoms with Gasteiger partial charge in [0.05, 0.1) is 20.8 Å². The Morgan fingerprint density at radius 3 is 2.32 bits per heavy atom. The lowest BCUT2D eigenvalue weighted by molar-refractivity contribution is -0.122. The summed E-state index contributed by atoms with van der Waals surface area (Å²) in [5, 5.41) is 2.84. The molecule has 0 aliphatic rings. The summed E-state index contributed by atoms with van der Waals surface area (Å²) in [6.07, 6.45) is 3.69. The highest BCUT2D eigenvalue weighted by molar-refractivity contribution is 5.97. The van der Waals surface area contributed by atoms with Crippen molar-refractivity contribution in [1.82, 2.24) is 10.2 Å². The second-order valence-electron chi connectivity index (χ2n) is 6.76. The smallest absolute Gasteiger partial charge is 0.254 e. The van der Waals surface area contributed by atoms with Gasteiger partial charge in [0.2, 0.25) is 5.91 Å². The predicted molar refractivity (Wildman–Crippen MR) is 99.1 cm³/mol. The van der Waals surface area contributed by atoms with E-state index in [9.17, 15) is 9.59 Å². The number of methoxy groups -OCH3 is 2. The van der Waals surface area contributed by atoms with E-state index in [0.29, 0.717) is 17.1 Å². The number of nitrogens with one attached hydrogen (secondary N) is 1. The molecule has 0 spiro atoms. The molecule has 0 atom stereocenters. The van der Waals surface area contributed by atoms with E-state index in [-0.39, 0.29) is 23.9 Å². The molecule has 0 aliphatic heterocycles. The highest BCUT2D eigenvalue weighted by Gasteiger charge is 2.21. The zero-order chi connectivity index (χ0) is 19.2. The summed E-state index contributed by atoms with van der Waals surface area (Å²) >= 11 is 0. The molecule has 1 rings (SSSR count). The SMILES string of the molecule is C/C=C/c1cc(C(=O)N(C)CC(=O)NC(C)(C)C)cc(OC)c1OC. The Morgan fingerprint density at radius 2 is 1.84 bits per heavy atom. The van der Waals surface area contributed by atoms with E-state index in [1.807, 2.05) is 39.8 Å². The normalized spacial score (nSPS) is 11.3. The number of amides is 2. The Bertz CT molecular complexity index is 660. The van der Waals surface area contributed by atoms with Gasteiger partial charge in [-0.15, -0.1) is 0 Å². The Labute approximate surface area is 149 Å². The van der Waals surface area contributed by atoms with Crippen LogP contribution in [-0.2, 0) is 4.79 Å². The van der Waals surface area contributed by atoms with Crippen molar-refractivity contribution in [2.45, 2.75) is 33.2 Å². The minimum absolute atomic E-state index is 0.0244. The van der Waals surface area contributed by atoms with E-state index in [0.717, 1.165) is 5.56 Å². The summed E-state index contributed by atoms with van der Waals surface area (Å²) in [5.41, 5.74) is 0.820. The van der Waals surface area contributed by atoms with Crippen LogP contribution in [0.25, 0.3) is 6.08 Å². The highest BCUT2D eigenvalue weighted by Crippen LogP contribution is 2.33. The van der Waals surface area contributed by atoms with Crippen LogP contribution in [0, 0.1) is 0 Å². The van der Waals surface area contributed by atoms with Crippen molar-refractivity contribution in [3.8, 4) is 11.5 Å². The fourth-order valence-corrected chi connectivity index (χ4v) is 2.39. The molecule has 1 aromatic rings. The van der Waals surface area contributed by atoms with Crippen LogP contribution >= 0.6 is 0 Å². The average molecular weight is 348 g/mol. The van der Waals surface area contributed by atoms with Crippen LogP contribution < -0.4 is 14.8 Å². The van der Waals surface area contributed by atoms with Gasteiger partial charge in [0, 0.05) is 23.7 Å². The molecular formula is C19H28N2O4. The molecule has 0 saturated heterocycles. The Hall–Kier alpha value is -2.50. The van der Waals surface area contributed by atoms with E-state index in [2.05, 4.69) is 5.32 Å². The Kier molecular flexibility index (Phi) is 7.03. The first kappa shape index (κ1) is 20.5. The zero-order valence-corrected chi connectivity index (χ0v) is 16.1. The summed E-state index contributed by atoms with van der Waals surface area (Å²) in [6.45, 7) is 7.53. The number of benzene rings is 1. The van der Waals surface area contributed by atoms with Crippen LogP contribution in [0.4, 0.5) is 0 Å². The maximum atomic E-state index is 12.7. The number of rotatable bonds is 6. The van der Waals surface area contributed by atoms with Gasteiger partial charge in [-0.2, -0.15) is 0 Å². The Balaban J connectivity index is 3.08. The summed E-state index contributed by atoms with van der Waals surface area (Å²) in [6, 6.07) is 3.34. The molecule has 1 aromatic carbocycles. The van der Waals surface area contributed by atoms with Gasteiger partial charge in [0.25, 0.3) is 5.91 Å². The number of carbonyl (C=O) groups excluding carboxylic acids is 2. The molecule has 0 saturated carbocycles. The summed E-state index contributed by atoms with van der Waals surface area (Å²) < 4.78 is 10.7. The van der Waals surface area contributed by atoms with Crippen LogP contribution in [0.5, 0.6) is 11.5 Å². The first-order valence-corrected chi connectivity index (χ1v) is 8.08. The molecule has 0 unspecified atom stereocenters. The largest absolute Gasteiger partial charge is 0.493 e. The quantitative estimate of drug-likeness (QED) is 0.858. The number of allylic oxidation sites excluding steroid dienone is 1. The predicted octanol–water partition coefficient (Wildman–Crippen LogP) is 2.72. The van der Waals surface area contributed by atoms with Crippen molar-refractivity contribution in [2.24, 2.45) is 0 Å². The third kappa shape index (κ3) is 5.81. The second-order valence-corrected chi connectivity index (χ2v) is 6.76. The van der Waals surface area contributed by atoms with Gasteiger partial charge in [0.15, 0.2) is 11.5 Å². The monoisotopic (exact) mass is 348 g/mol. The average Bonchev–Trinajstić information content (AvgIpc) is 2.51. The molecule has 0 fully saturated rings. The van der Waals surface area contributed by atoms with Crippen LogP contribution in [0.1, 0.15) is 43.6 Å². The second kappa shape index (κ2) is 8.55. The third-order valence-corrected chi connectivity index (χ3v) is 3.34. The molecule has 0 aromatic heterocycles. The summed E-state index contributed by atoms with van der Waals surface area (Å²) in [4.78, 5) is 26.1. The molecule has 138 valence electrons. The first-order chi connectivity index (χ1) is 11.6. The van der Waals surface area contributed by atoms with E-state index in [1.54, 1.807) is 26.3 Å². The lowest BCUT2D eigenvalue weighted by atomic mass is 10.1. The molecule has 6 nitrogen and oxygen atoms in total. The lowest BCUT2D eigenvalue weighted by Gasteiger charge is -2.23. The van der Waals surface area contributed by atoms with Crippen molar-refractivity contribution in [3.63, 3.8) is 0 Å². The lowest BCUT2D eigenvalue weighted by Crippen LogP contribution is -2.46. The standard InChI is InChI=1S/C19H28N2O4/c1-8-9-13-10-14(11-15(24-6)17(13)25-7)18(23)21(5)12-16(22)20-19(2,3)4/h8-11H,12H2,1-7H3,(H,20,22)/b9-8+. The van der Waals surface area contributed by atoms with Crippen molar-refractivity contribution >= 4 is 17.9 Å². The fourth-order valence-electron chi connectivity index (χ4n) is 2.39. The van der Waals surface area contributed by atoms with Gasteiger partial charge in [-0.05, 0) is 39.8 Å². The van der Waals surface area contributed by atoms with Gasteiger partial charge in [-0.3, -0.25) is 9.59 Å². The number of nitrogens with zero attached hydrogens (tertiary/aromatic N) is 1. The summed E-state index contributed by atoms with van der Waals surface area (Å²) in [7, 11) is 4.66. The number of likely N-dealkylation sites (N-methyl/N-ethyl adjacent to an activating group) is 1. The van der Waals surface area contributed by atoms with Gasteiger partial charge in [0.1, 0.15) is 0 Å². The molecule has 25 heavy (non-hydrogen) atoms. The summed E-state index contributed by atoms with van der Waals surface area (Å²) in [5.74, 6) is 0.549. The molecule has 0 radical (unpaired) electrons. The molecule has 0 aliphatic carbocycles. The number of ether oxygens (including phenoxy) is 2. The zero-order valence-electron chi connectivity index (χ0n) is 16.1. The number of hydrogen-bond donors (Lipinski definition) is 1. The van der Waals surface area contributed by atoms with Crippen LogP contribution in [0.2, 0.25) is 0 Å². The molecule has 6 heteroatoms.